The SMILES string of the molecule is COc1ccc(CNC(=O)Nc2cccc3cnccc23)cc1. The molecule has 3 aromatic rings. The molecule has 0 radical (unpaired) electrons. The van der Waals surface area contributed by atoms with Gasteiger partial charge in [0.25, 0.3) is 0 Å². The maximum atomic E-state index is 12.1. The zero-order valence-corrected chi connectivity index (χ0v) is 12.7. The first kappa shape index (κ1) is 14.8. The molecule has 0 aliphatic carbocycles. The highest BCUT2D eigenvalue weighted by Gasteiger charge is 2.05. The summed E-state index contributed by atoms with van der Waals surface area (Å²) in [6, 6.07) is 14.9. The monoisotopic (exact) mass is 307 g/mol. The lowest BCUT2D eigenvalue weighted by atomic mass is 10.1. The van der Waals surface area contributed by atoms with E-state index < -0.39 is 0 Å². The maximum absolute atomic E-state index is 12.1. The number of pyridine rings is 1. The van der Waals surface area contributed by atoms with Gasteiger partial charge >= 0.3 is 6.03 Å². The zero-order chi connectivity index (χ0) is 16.1. The predicted molar refractivity (Wildman–Crippen MR) is 90.6 cm³/mol. The first-order valence-electron chi connectivity index (χ1n) is 7.27. The molecule has 2 aromatic carbocycles. The van der Waals surface area contributed by atoms with Gasteiger partial charge in [-0.3, -0.25) is 4.98 Å². The molecule has 1 heterocycles. The number of ether oxygens (including phenoxy) is 1. The molecule has 2 amide bonds. The third-order valence-electron chi connectivity index (χ3n) is 3.54. The van der Waals surface area contributed by atoms with Crippen LogP contribution >= 0.6 is 0 Å². The molecule has 3 rings (SSSR count). The molecule has 0 unspecified atom stereocenters. The fraction of sp³-hybridized carbons (Fsp3) is 0.111. The Morgan fingerprint density at radius 3 is 2.74 bits per heavy atom. The van der Waals surface area contributed by atoms with Crippen molar-refractivity contribution in [3.05, 3.63) is 66.5 Å². The minimum absolute atomic E-state index is 0.245. The second-order valence-electron chi connectivity index (χ2n) is 5.06. The number of urea groups is 1. The fourth-order valence-corrected chi connectivity index (χ4v) is 2.32. The largest absolute Gasteiger partial charge is 0.497 e. The fourth-order valence-electron chi connectivity index (χ4n) is 2.32. The van der Waals surface area contributed by atoms with Gasteiger partial charge in [-0.15, -0.1) is 0 Å². The van der Waals surface area contributed by atoms with Gasteiger partial charge in [-0.25, -0.2) is 4.79 Å². The Morgan fingerprint density at radius 1 is 1.13 bits per heavy atom. The summed E-state index contributed by atoms with van der Waals surface area (Å²) in [4.78, 5) is 16.2. The van der Waals surface area contributed by atoms with E-state index in [-0.39, 0.29) is 6.03 Å². The van der Waals surface area contributed by atoms with Crippen molar-refractivity contribution in [1.29, 1.82) is 0 Å². The van der Waals surface area contributed by atoms with E-state index in [4.69, 9.17) is 4.74 Å². The van der Waals surface area contributed by atoms with Crippen molar-refractivity contribution in [2.45, 2.75) is 6.54 Å². The average Bonchev–Trinajstić information content (AvgIpc) is 2.61. The van der Waals surface area contributed by atoms with Crippen molar-refractivity contribution in [1.82, 2.24) is 10.3 Å². The van der Waals surface area contributed by atoms with Crippen LogP contribution in [-0.2, 0) is 6.54 Å². The number of methoxy groups -OCH3 is 1. The Kier molecular flexibility index (Phi) is 4.38. The smallest absolute Gasteiger partial charge is 0.319 e. The number of aromatic nitrogens is 1. The van der Waals surface area contributed by atoms with Crippen molar-refractivity contribution in [2.75, 3.05) is 12.4 Å². The van der Waals surface area contributed by atoms with Crippen molar-refractivity contribution in [2.24, 2.45) is 0 Å². The molecule has 0 aliphatic heterocycles. The van der Waals surface area contributed by atoms with Crippen LogP contribution in [0, 0.1) is 0 Å². The summed E-state index contributed by atoms with van der Waals surface area (Å²) in [6.07, 6.45) is 3.48. The first-order valence-corrected chi connectivity index (χ1v) is 7.27. The van der Waals surface area contributed by atoms with E-state index in [1.165, 1.54) is 0 Å². The predicted octanol–water partition coefficient (Wildman–Crippen LogP) is 3.57. The molecular formula is C18H17N3O2. The van der Waals surface area contributed by atoms with Crippen molar-refractivity contribution in [3.63, 3.8) is 0 Å². The number of anilines is 1. The van der Waals surface area contributed by atoms with Gasteiger partial charge in [0, 0.05) is 29.7 Å². The molecule has 0 atom stereocenters. The summed E-state index contributed by atoms with van der Waals surface area (Å²) >= 11 is 0. The molecule has 23 heavy (non-hydrogen) atoms. The lowest BCUT2D eigenvalue weighted by molar-refractivity contribution is 0.252. The zero-order valence-electron chi connectivity index (χ0n) is 12.7. The Hall–Kier alpha value is -3.08. The van der Waals surface area contributed by atoms with Crippen LogP contribution in [0.5, 0.6) is 5.75 Å². The summed E-state index contributed by atoms with van der Waals surface area (Å²) < 4.78 is 5.11. The van der Waals surface area contributed by atoms with Gasteiger partial charge in [0.1, 0.15) is 5.75 Å². The Bertz CT molecular complexity index is 811. The third-order valence-corrected chi connectivity index (χ3v) is 3.54. The molecule has 2 N–H and O–H groups in total. The number of nitrogens with one attached hydrogen (secondary N) is 2. The number of rotatable bonds is 4. The van der Waals surface area contributed by atoms with E-state index in [9.17, 15) is 4.79 Å². The molecule has 0 fully saturated rings. The second-order valence-corrected chi connectivity index (χ2v) is 5.06. The molecule has 0 aliphatic rings. The second kappa shape index (κ2) is 6.79. The summed E-state index contributed by atoms with van der Waals surface area (Å²) in [5.41, 5.74) is 1.76. The molecule has 0 bridgehead atoms. The van der Waals surface area contributed by atoms with Gasteiger partial charge in [-0.1, -0.05) is 24.3 Å². The van der Waals surface area contributed by atoms with Crippen LogP contribution in [0.3, 0.4) is 0 Å². The molecule has 0 spiro atoms. The highest BCUT2D eigenvalue weighted by molar-refractivity contribution is 6.01. The van der Waals surface area contributed by atoms with Crippen molar-refractivity contribution < 1.29 is 9.53 Å². The van der Waals surface area contributed by atoms with E-state index >= 15 is 0 Å². The minimum atomic E-state index is -0.245. The number of hydrogen-bond donors (Lipinski definition) is 2. The van der Waals surface area contributed by atoms with Crippen LogP contribution in [0.15, 0.2) is 60.9 Å². The van der Waals surface area contributed by atoms with Crippen LogP contribution in [0.4, 0.5) is 10.5 Å². The van der Waals surface area contributed by atoms with E-state index in [2.05, 4.69) is 15.6 Å². The van der Waals surface area contributed by atoms with Crippen molar-refractivity contribution in [3.8, 4) is 5.75 Å². The summed E-state index contributed by atoms with van der Waals surface area (Å²) in [5, 5.41) is 7.67. The number of hydrogen-bond acceptors (Lipinski definition) is 3. The van der Waals surface area contributed by atoms with Gasteiger partial charge in [-0.2, -0.15) is 0 Å². The highest BCUT2D eigenvalue weighted by Crippen LogP contribution is 2.21. The molecule has 0 saturated heterocycles. The number of benzene rings is 2. The van der Waals surface area contributed by atoms with Crippen molar-refractivity contribution >= 4 is 22.5 Å². The summed E-state index contributed by atoms with van der Waals surface area (Å²) in [5.74, 6) is 0.794. The lowest BCUT2D eigenvalue weighted by Crippen LogP contribution is -2.28. The van der Waals surface area contributed by atoms with Crippen LogP contribution in [0.1, 0.15) is 5.56 Å². The van der Waals surface area contributed by atoms with Gasteiger partial charge < -0.3 is 15.4 Å². The Morgan fingerprint density at radius 2 is 1.96 bits per heavy atom. The third kappa shape index (κ3) is 3.58. The van der Waals surface area contributed by atoms with Gasteiger partial charge in [0.05, 0.1) is 12.8 Å². The Labute approximate surface area is 134 Å². The van der Waals surface area contributed by atoms with Gasteiger partial charge in [0.15, 0.2) is 0 Å². The number of carbonyl (C=O) groups excluding carboxylic acids is 1. The molecule has 0 saturated carbocycles. The maximum Gasteiger partial charge on any atom is 0.319 e. The van der Waals surface area contributed by atoms with E-state index in [0.717, 1.165) is 27.8 Å². The number of amides is 2. The van der Waals surface area contributed by atoms with Gasteiger partial charge in [-0.05, 0) is 29.8 Å². The van der Waals surface area contributed by atoms with E-state index in [1.807, 2.05) is 48.5 Å². The topological polar surface area (TPSA) is 63.2 Å². The van der Waals surface area contributed by atoms with E-state index in [0.29, 0.717) is 6.54 Å². The molecule has 5 heteroatoms. The van der Waals surface area contributed by atoms with Crippen LogP contribution in [0.25, 0.3) is 10.8 Å². The van der Waals surface area contributed by atoms with E-state index in [1.54, 1.807) is 19.5 Å². The molecular weight excluding hydrogens is 290 g/mol. The van der Waals surface area contributed by atoms with Gasteiger partial charge in [0.2, 0.25) is 0 Å². The highest BCUT2D eigenvalue weighted by atomic mass is 16.5. The molecule has 116 valence electrons. The quantitative estimate of drug-likeness (QED) is 0.774. The minimum Gasteiger partial charge on any atom is -0.497 e. The van der Waals surface area contributed by atoms with Crippen LogP contribution < -0.4 is 15.4 Å². The van der Waals surface area contributed by atoms with Crippen LogP contribution in [-0.4, -0.2) is 18.1 Å². The summed E-state index contributed by atoms with van der Waals surface area (Å²) in [6.45, 7) is 0.447. The first-order chi connectivity index (χ1) is 11.3. The van der Waals surface area contributed by atoms with Crippen LogP contribution in [0.2, 0.25) is 0 Å². The summed E-state index contributed by atoms with van der Waals surface area (Å²) in [7, 11) is 1.63. The average molecular weight is 307 g/mol. The lowest BCUT2D eigenvalue weighted by Gasteiger charge is -2.10. The number of fused-ring (bicyclic) bond motifs is 1. The normalized spacial score (nSPS) is 10.3. The molecule has 1 aromatic heterocycles. The number of nitrogens with zero attached hydrogens (tertiary/aromatic N) is 1. The number of carbonyl (C=O) groups is 1. The molecule has 5 nitrogen and oxygen atoms in total. The Balaban J connectivity index is 1.64. The standard InChI is InChI=1S/C18H17N3O2/c1-23-15-7-5-13(6-8-15)11-20-18(22)21-17-4-2-3-14-12-19-10-9-16(14)17/h2-10,12H,11H2,1H3,(H2,20,21,22).